The molecule has 3 nitrogen and oxygen atoms in total. The van der Waals surface area contributed by atoms with Crippen molar-refractivity contribution in [3.05, 3.63) is 0 Å². The Balaban J connectivity index is 2.26. The van der Waals surface area contributed by atoms with E-state index in [9.17, 15) is 4.79 Å². The van der Waals surface area contributed by atoms with Crippen molar-refractivity contribution < 1.29 is 4.79 Å². The second-order valence-corrected chi connectivity index (χ2v) is 4.61. The van der Waals surface area contributed by atoms with Crippen LogP contribution < -0.4 is 10.6 Å². The normalized spacial score (nSPS) is 25.2. The first-order chi connectivity index (χ1) is 6.24. The van der Waals surface area contributed by atoms with Gasteiger partial charge in [-0.05, 0) is 32.6 Å². The molecule has 0 aromatic rings. The molecule has 1 amide bonds. The third kappa shape index (κ3) is 3.56. The van der Waals surface area contributed by atoms with Crippen LogP contribution >= 0.6 is 11.8 Å². The Morgan fingerprint density at radius 2 is 2.46 bits per heavy atom. The van der Waals surface area contributed by atoms with E-state index in [1.54, 1.807) is 11.8 Å². The number of nitrogens with one attached hydrogen (secondary N) is 2. The highest BCUT2D eigenvalue weighted by atomic mass is 32.2. The van der Waals surface area contributed by atoms with E-state index in [2.05, 4.69) is 10.6 Å². The lowest BCUT2D eigenvalue weighted by molar-refractivity contribution is -0.121. The summed E-state index contributed by atoms with van der Waals surface area (Å²) in [5.74, 6) is 0.168. The number of amides is 1. The number of carbonyl (C=O) groups excluding carboxylic acids is 1. The van der Waals surface area contributed by atoms with Crippen LogP contribution in [0.3, 0.4) is 0 Å². The van der Waals surface area contributed by atoms with Crippen molar-refractivity contribution in [1.29, 1.82) is 0 Å². The van der Waals surface area contributed by atoms with E-state index < -0.39 is 0 Å². The molecule has 0 spiro atoms. The van der Waals surface area contributed by atoms with Gasteiger partial charge in [-0.3, -0.25) is 4.79 Å². The minimum atomic E-state index is 0.0712. The van der Waals surface area contributed by atoms with Gasteiger partial charge in [-0.15, -0.1) is 0 Å². The van der Waals surface area contributed by atoms with Gasteiger partial charge in [0.1, 0.15) is 0 Å². The van der Waals surface area contributed by atoms with Crippen molar-refractivity contribution in [3.63, 3.8) is 0 Å². The van der Waals surface area contributed by atoms with Crippen molar-refractivity contribution in [3.8, 4) is 0 Å². The fourth-order valence-corrected chi connectivity index (χ4v) is 1.68. The summed E-state index contributed by atoms with van der Waals surface area (Å²) < 4.78 is 0. The van der Waals surface area contributed by atoms with Gasteiger partial charge in [0.05, 0.1) is 5.25 Å². The monoisotopic (exact) mass is 202 g/mol. The molecule has 1 unspecified atom stereocenters. The standard InChI is InChI=1S/C9H18N2OS/c1-7(13-2)9(12)11-8-4-3-5-10-6-8/h7-8,10H,3-6H2,1-2H3,(H,11,12)/t7?,8-/m1/s1. The van der Waals surface area contributed by atoms with Gasteiger partial charge in [0, 0.05) is 12.6 Å². The molecule has 76 valence electrons. The average molecular weight is 202 g/mol. The summed E-state index contributed by atoms with van der Waals surface area (Å²) in [5.41, 5.74) is 0. The molecule has 1 aliphatic heterocycles. The smallest absolute Gasteiger partial charge is 0.233 e. The largest absolute Gasteiger partial charge is 0.351 e. The molecule has 2 N–H and O–H groups in total. The van der Waals surface area contributed by atoms with Crippen molar-refractivity contribution in [2.24, 2.45) is 0 Å². The van der Waals surface area contributed by atoms with Crippen molar-refractivity contribution in [2.75, 3.05) is 19.3 Å². The van der Waals surface area contributed by atoms with Gasteiger partial charge in [-0.2, -0.15) is 11.8 Å². The molecule has 1 heterocycles. The highest BCUT2D eigenvalue weighted by Gasteiger charge is 2.18. The highest BCUT2D eigenvalue weighted by molar-refractivity contribution is 7.99. The SMILES string of the molecule is CSC(C)C(=O)N[C@@H]1CCCNC1. The third-order valence-corrected chi connectivity index (χ3v) is 3.29. The van der Waals surface area contributed by atoms with E-state index in [1.165, 1.54) is 6.42 Å². The van der Waals surface area contributed by atoms with Crippen molar-refractivity contribution in [2.45, 2.75) is 31.1 Å². The molecule has 4 heteroatoms. The summed E-state index contributed by atoms with van der Waals surface area (Å²) in [6.07, 6.45) is 4.24. The van der Waals surface area contributed by atoms with Gasteiger partial charge >= 0.3 is 0 Å². The summed E-state index contributed by atoms with van der Waals surface area (Å²) in [4.78, 5) is 11.5. The molecule has 0 aromatic carbocycles. The Kier molecular flexibility index (Phi) is 4.59. The van der Waals surface area contributed by atoms with Crippen LogP contribution in [-0.2, 0) is 4.79 Å². The van der Waals surface area contributed by atoms with Crippen LogP contribution in [0.5, 0.6) is 0 Å². The molecule has 0 bridgehead atoms. The zero-order valence-electron chi connectivity index (χ0n) is 8.30. The molecule has 1 saturated heterocycles. The predicted octanol–water partition coefficient (Wildman–Crippen LogP) is 0.606. The Morgan fingerprint density at radius 3 is 3.00 bits per heavy atom. The molecule has 0 aromatic heterocycles. The van der Waals surface area contributed by atoms with Crippen LogP contribution in [0, 0.1) is 0 Å². The van der Waals surface area contributed by atoms with E-state index in [0.29, 0.717) is 6.04 Å². The van der Waals surface area contributed by atoms with Gasteiger partial charge in [-0.1, -0.05) is 0 Å². The number of thioether (sulfide) groups is 1. The van der Waals surface area contributed by atoms with Gasteiger partial charge in [-0.25, -0.2) is 0 Å². The van der Waals surface area contributed by atoms with E-state index in [0.717, 1.165) is 19.5 Å². The zero-order chi connectivity index (χ0) is 9.68. The maximum Gasteiger partial charge on any atom is 0.233 e. The second kappa shape index (κ2) is 5.50. The lowest BCUT2D eigenvalue weighted by Gasteiger charge is -2.24. The topological polar surface area (TPSA) is 41.1 Å². The molecule has 1 fully saturated rings. The summed E-state index contributed by atoms with van der Waals surface area (Å²) in [7, 11) is 0. The maximum atomic E-state index is 11.5. The predicted molar refractivity (Wildman–Crippen MR) is 57.0 cm³/mol. The number of hydrogen-bond donors (Lipinski definition) is 2. The summed E-state index contributed by atoms with van der Waals surface area (Å²) >= 11 is 1.59. The van der Waals surface area contributed by atoms with Gasteiger partial charge in [0.25, 0.3) is 0 Å². The Hall–Kier alpha value is -0.220. The minimum Gasteiger partial charge on any atom is -0.351 e. The molecule has 13 heavy (non-hydrogen) atoms. The highest BCUT2D eigenvalue weighted by Crippen LogP contribution is 2.07. The number of piperidine rings is 1. The lowest BCUT2D eigenvalue weighted by Crippen LogP contribution is -2.47. The van der Waals surface area contributed by atoms with Crippen LogP contribution in [0.1, 0.15) is 19.8 Å². The van der Waals surface area contributed by atoms with Crippen LogP contribution in [-0.4, -0.2) is 36.5 Å². The average Bonchev–Trinajstić information content (AvgIpc) is 2.18. The van der Waals surface area contributed by atoms with E-state index in [-0.39, 0.29) is 11.2 Å². The first-order valence-electron chi connectivity index (χ1n) is 4.78. The lowest BCUT2D eigenvalue weighted by atomic mass is 10.1. The first-order valence-corrected chi connectivity index (χ1v) is 6.06. The summed E-state index contributed by atoms with van der Waals surface area (Å²) in [6, 6.07) is 0.343. The van der Waals surface area contributed by atoms with Crippen LogP contribution in [0.15, 0.2) is 0 Å². The molecular weight excluding hydrogens is 184 g/mol. The van der Waals surface area contributed by atoms with Gasteiger partial charge < -0.3 is 10.6 Å². The summed E-state index contributed by atoms with van der Waals surface area (Å²) in [6.45, 7) is 3.95. The quantitative estimate of drug-likeness (QED) is 0.704. The second-order valence-electron chi connectivity index (χ2n) is 3.43. The molecule has 1 rings (SSSR count). The zero-order valence-corrected chi connectivity index (χ0v) is 9.12. The van der Waals surface area contributed by atoms with Gasteiger partial charge in [0.15, 0.2) is 0 Å². The maximum absolute atomic E-state index is 11.5. The number of carbonyl (C=O) groups is 1. The molecule has 2 atom stereocenters. The fourth-order valence-electron chi connectivity index (χ4n) is 1.40. The third-order valence-electron chi connectivity index (χ3n) is 2.37. The Labute approximate surface area is 84.0 Å². The summed E-state index contributed by atoms with van der Waals surface area (Å²) in [5, 5.41) is 6.39. The van der Waals surface area contributed by atoms with Crippen molar-refractivity contribution in [1.82, 2.24) is 10.6 Å². The minimum absolute atomic E-state index is 0.0712. The van der Waals surface area contributed by atoms with Gasteiger partial charge in [0.2, 0.25) is 5.91 Å². The molecule has 1 aliphatic rings. The molecular formula is C9H18N2OS. The Bertz CT molecular complexity index is 169. The molecule has 0 aliphatic carbocycles. The fraction of sp³-hybridized carbons (Fsp3) is 0.889. The van der Waals surface area contributed by atoms with Crippen molar-refractivity contribution >= 4 is 17.7 Å². The van der Waals surface area contributed by atoms with E-state index >= 15 is 0 Å². The first kappa shape index (κ1) is 10.9. The van der Waals surface area contributed by atoms with E-state index in [1.807, 2.05) is 13.2 Å². The molecule has 0 saturated carbocycles. The Morgan fingerprint density at radius 1 is 1.69 bits per heavy atom. The van der Waals surface area contributed by atoms with Crippen LogP contribution in [0.2, 0.25) is 0 Å². The molecule has 0 radical (unpaired) electrons. The number of rotatable bonds is 3. The number of hydrogen-bond acceptors (Lipinski definition) is 3. The van der Waals surface area contributed by atoms with Crippen LogP contribution in [0.4, 0.5) is 0 Å². The van der Waals surface area contributed by atoms with E-state index in [4.69, 9.17) is 0 Å². The van der Waals surface area contributed by atoms with Crippen LogP contribution in [0.25, 0.3) is 0 Å².